The van der Waals surface area contributed by atoms with Crippen LogP contribution in [0.5, 0.6) is 0 Å². The summed E-state index contributed by atoms with van der Waals surface area (Å²) in [6, 6.07) is 17.4. The summed E-state index contributed by atoms with van der Waals surface area (Å²) in [4.78, 5) is 24.1. The van der Waals surface area contributed by atoms with Crippen molar-refractivity contribution in [1.29, 1.82) is 0 Å². The van der Waals surface area contributed by atoms with Gasteiger partial charge in [0.1, 0.15) is 0 Å². The Morgan fingerprint density at radius 1 is 0.926 bits per heavy atom. The van der Waals surface area contributed by atoms with Crippen LogP contribution in [-0.2, 0) is 14.3 Å². The fourth-order valence-electron chi connectivity index (χ4n) is 2.89. The van der Waals surface area contributed by atoms with Gasteiger partial charge >= 0.3 is 11.9 Å². The van der Waals surface area contributed by atoms with E-state index >= 15 is 0 Å². The second kappa shape index (κ2) is 8.36. The maximum absolute atomic E-state index is 12.7. The van der Waals surface area contributed by atoms with E-state index in [4.69, 9.17) is 9.47 Å². The standard InChI is InChI=1S/C22H20O5/c1-2-19(23)21(24)26-12-7-13-27-22(25)20-17-10-5-3-8-15(17)14-16-9-4-6-11-18(16)20/h2-6,8-11,14,23H,7,12-13H2,1H3. The van der Waals surface area contributed by atoms with Crippen LogP contribution in [-0.4, -0.2) is 30.3 Å². The quantitative estimate of drug-likeness (QED) is 0.228. The first kappa shape index (κ1) is 18.5. The van der Waals surface area contributed by atoms with Crippen molar-refractivity contribution in [2.45, 2.75) is 13.3 Å². The number of esters is 2. The number of benzene rings is 3. The molecule has 0 aliphatic heterocycles. The number of aliphatic hydroxyl groups excluding tert-OH is 1. The van der Waals surface area contributed by atoms with Gasteiger partial charge in [0.15, 0.2) is 5.76 Å². The van der Waals surface area contributed by atoms with Crippen LogP contribution in [0.2, 0.25) is 0 Å². The molecule has 0 atom stereocenters. The van der Waals surface area contributed by atoms with E-state index in [9.17, 15) is 14.7 Å². The van der Waals surface area contributed by atoms with Crippen LogP contribution in [0.25, 0.3) is 21.5 Å². The van der Waals surface area contributed by atoms with Gasteiger partial charge in [-0.1, -0.05) is 48.5 Å². The molecule has 0 spiro atoms. The topological polar surface area (TPSA) is 72.8 Å². The molecule has 0 radical (unpaired) electrons. The van der Waals surface area contributed by atoms with Gasteiger partial charge in [0.25, 0.3) is 0 Å². The Balaban J connectivity index is 1.73. The molecule has 0 amide bonds. The first-order chi connectivity index (χ1) is 13.1. The van der Waals surface area contributed by atoms with E-state index in [1.54, 1.807) is 0 Å². The van der Waals surface area contributed by atoms with Crippen molar-refractivity contribution >= 4 is 33.5 Å². The first-order valence-corrected chi connectivity index (χ1v) is 8.72. The summed E-state index contributed by atoms with van der Waals surface area (Å²) in [5, 5.41) is 12.8. The highest BCUT2D eigenvalue weighted by atomic mass is 16.6. The van der Waals surface area contributed by atoms with Gasteiger partial charge in [-0.3, -0.25) is 0 Å². The van der Waals surface area contributed by atoms with Gasteiger partial charge in [-0.25, -0.2) is 9.59 Å². The molecule has 5 nitrogen and oxygen atoms in total. The summed E-state index contributed by atoms with van der Waals surface area (Å²) in [7, 11) is 0. The normalized spacial score (nSPS) is 11.5. The zero-order chi connectivity index (χ0) is 19.2. The highest BCUT2D eigenvalue weighted by Gasteiger charge is 2.16. The molecule has 138 valence electrons. The molecule has 0 unspecified atom stereocenters. The number of aliphatic hydroxyl groups is 1. The van der Waals surface area contributed by atoms with E-state index in [-0.39, 0.29) is 13.2 Å². The van der Waals surface area contributed by atoms with Crippen LogP contribution < -0.4 is 0 Å². The third-order valence-corrected chi connectivity index (χ3v) is 4.21. The average Bonchev–Trinajstić information content (AvgIpc) is 2.70. The number of carbonyl (C=O) groups excluding carboxylic acids is 2. The van der Waals surface area contributed by atoms with Gasteiger partial charge in [-0.05, 0) is 40.6 Å². The molecule has 0 fully saturated rings. The molecule has 0 heterocycles. The lowest BCUT2D eigenvalue weighted by Crippen LogP contribution is -2.12. The molecule has 1 N–H and O–H groups in total. The van der Waals surface area contributed by atoms with Crippen LogP contribution in [0.4, 0.5) is 0 Å². The molecule has 3 rings (SSSR count). The summed E-state index contributed by atoms with van der Waals surface area (Å²) >= 11 is 0. The number of allylic oxidation sites excluding steroid dienone is 1. The van der Waals surface area contributed by atoms with Gasteiger partial charge in [0.05, 0.1) is 18.8 Å². The zero-order valence-corrected chi connectivity index (χ0v) is 15.0. The summed E-state index contributed by atoms with van der Waals surface area (Å²) in [6.07, 6.45) is 1.60. The highest BCUT2D eigenvalue weighted by Crippen LogP contribution is 2.29. The predicted molar refractivity (Wildman–Crippen MR) is 104 cm³/mol. The Morgan fingerprint density at radius 2 is 1.48 bits per heavy atom. The van der Waals surface area contributed by atoms with Crippen LogP contribution in [0.3, 0.4) is 0 Å². The fourth-order valence-corrected chi connectivity index (χ4v) is 2.89. The largest absolute Gasteiger partial charge is 0.502 e. The molecule has 0 aromatic heterocycles. The van der Waals surface area contributed by atoms with E-state index in [1.165, 1.54) is 13.0 Å². The van der Waals surface area contributed by atoms with E-state index in [0.29, 0.717) is 12.0 Å². The summed E-state index contributed by atoms with van der Waals surface area (Å²) in [6.45, 7) is 1.70. The van der Waals surface area contributed by atoms with Crippen molar-refractivity contribution < 1.29 is 24.2 Å². The number of fused-ring (bicyclic) bond motifs is 2. The highest BCUT2D eigenvalue weighted by molar-refractivity contribution is 6.16. The molecular weight excluding hydrogens is 344 g/mol. The van der Waals surface area contributed by atoms with Crippen LogP contribution in [0.1, 0.15) is 23.7 Å². The fraction of sp³-hybridized carbons (Fsp3) is 0.182. The molecule has 3 aromatic carbocycles. The van der Waals surface area contributed by atoms with Gasteiger partial charge in [0, 0.05) is 6.42 Å². The minimum absolute atomic E-state index is 0.0559. The molecule has 0 saturated carbocycles. The van der Waals surface area contributed by atoms with Gasteiger partial charge in [-0.15, -0.1) is 0 Å². The monoisotopic (exact) mass is 364 g/mol. The van der Waals surface area contributed by atoms with E-state index in [0.717, 1.165) is 21.5 Å². The maximum atomic E-state index is 12.7. The molecule has 0 bridgehead atoms. The van der Waals surface area contributed by atoms with Gasteiger partial charge < -0.3 is 14.6 Å². The molecule has 0 aliphatic carbocycles. The second-order valence-electron chi connectivity index (χ2n) is 5.99. The Hall–Kier alpha value is -3.34. The minimum atomic E-state index is -0.788. The predicted octanol–water partition coefficient (Wildman–Crippen LogP) is 4.54. The number of rotatable bonds is 6. The van der Waals surface area contributed by atoms with Crippen molar-refractivity contribution in [3.8, 4) is 0 Å². The first-order valence-electron chi connectivity index (χ1n) is 8.72. The maximum Gasteiger partial charge on any atom is 0.373 e. The van der Waals surface area contributed by atoms with Crippen LogP contribution in [0, 0.1) is 0 Å². The molecule has 0 aliphatic rings. The molecular formula is C22H20O5. The summed E-state index contributed by atoms with van der Waals surface area (Å²) < 4.78 is 10.3. The van der Waals surface area contributed by atoms with Crippen LogP contribution in [0.15, 0.2) is 66.4 Å². The Bertz CT molecular complexity index is 966. The zero-order valence-electron chi connectivity index (χ0n) is 15.0. The Labute approximate surface area is 156 Å². The SMILES string of the molecule is CC=C(O)C(=O)OCCCOC(=O)c1c2ccccc2cc2ccccc12. The Morgan fingerprint density at radius 3 is 2.07 bits per heavy atom. The summed E-state index contributed by atoms with van der Waals surface area (Å²) in [5.74, 6) is -1.64. The number of hydrogen-bond acceptors (Lipinski definition) is 5. The van der Waals surface area contributed by atoms with Crippen LogP contribution >= 0.6 is 0 Å². The Kier molecular flexibility index (Phi) is 5.71. The van der Waals surface area contributed by atoms with Gasteiger partial charge in [0.2, 0.25) is 0 Å². The van der Waals surface area contributed by atoms with E-state index in [1.807, 2.05) is 48.5 Å². The minimum Gasteiger partial charge on any atom is -0.502 e. The van der Waals surface area contributed by atoms with Gasteiger partial charge in [-0.2, -0.15) is 0 Å². The number of hydrogen-bond donors (Lipinski definition) is 1. The lowest BCUT2D eigenvalue weighted by Gasteiger charge is -2.11. The lowest BCUT2D eigenvalue weighted by molar-refractivity contribution is -0.142. The van der Waals surface area contributed by atoms with Crippen molar-refractivity contribution in [2.24, 2.45) is 0 Å². The molecule has 27 heavy (non-hydrogen) atoms. The second-order valence-corrected chi connectivity index (χ2v) is 5.99. The average molecular weight is 364 g/mol. The van der Waals surface area contributed by atoms with Crippen molar-refractivity contribution in [1.82, 2.24) is 0 Å². The molecule has 0 saturated heterocycles. The van der Waals surface area contributed by atoms with Crippen molar-refractivity contribution in [3.63, 3.8) is 0 Å². The molecule has 3 aromatic rings. The van der Waals surface area contributed by atoms with E-state index < -0.39 is 17.7 Å². The third kappa shape index (κ3) is 4.08. The van der Waals surface area contributed by atoms with E-state index in [2.05, 4.69) is 6.07 Å². The number of carbonyl (C=O) groups is 2. The smallest absolute Gasteiger partial charge is 0.373 e. The molecule has 5 heteroatoms. The van der Waals surface area contributed by atoms with Crippen molar-refractivity contribution in [3.05, 3.63) is 72.0 Å². The lowest BCUT2D eigenvalue weighted by atomic mass is 9.97. The summed E-state index contributed by atoms with van der Waals surface area (Å²) in [5.41, 5.74) is 0.534. The number of ether oxygens (including phenoxy) is 2. The third-order valence-electron chi connectivity index (χ3n) is 4.21. The van der Waals surface area contributed by atoms with Crippen molar-refractivity contribution in [2.75, 3.05) is 13.2 Å².